The molecule has 0 spiro atoms. The lowest BCUT2D eigenvalue weighted by atomic mass is 10.1. The van der Waals surface area contributed by atoms with E-state index < -0.39 is 0 Å². The summed E-state index contributed by atoms with van der Waals surface area (Å²) in [7, 11) is 0. The first-order valence-corrected chi connectivity index (χ1v) is 9.62. The molecule has 1 heterocycles. The van der Waals surface area contributed by atoms with Crippen LogP contribution in [0.5, 0.6) is 0 Å². The van der Waals surface area contributed by atoms with Crippen molar-refractivity contribution in [3.63, 3.8) is 0 Å². The summed E-state index contributed by atoms with van der Waals surface area (Å²) in [6, 6.07) is 12.9. The van der Waals surface area contributed by atoms with Crippen molar-refractivity contribution in [3.05, 3.63) is 59.2 Å². The molecule has 1 fully saturated rings. The summed E-state index contributed by atoms with van der Waals surface area (Å²) in [5.74, 6) is -0.240. The second-order valence-electron chi connectivity index (χ2n) is 7.12. The molecule has 0 bridgehead atoms. The molecule has 1 unspecified atom stereocenters. The standard InChI is InChI=1S/C22H27N3O3/c1-15-5-8-19(12-16(15)2)25-21(26)14-23-18-9-6-17(7-10-18)22(27)24-13-20-4-3-11-28-20/h5-10,12,20,23H,3-4,11,13-14H2,1-2H3,(H,24,27)(H,25,26). The molecule has 1 atom stereocenters. The van der Waals surface area contributed by atoms with Crippen LogP contribution in [-0.4, -0.2) is 37.6 Å². The molecule has 6 heteroatoms. The molecular formula is C22H27N3O3. The molecule has 2 amide bonds. The monoisotopic (exact) mass is 381 g/mol. The Labute approximate surface area is 165 Å². The average Bonchev–Trinajstić information content (AvgIpc) is 3.21. The van der Waals surface area contributed by atoms with Crippen LogP contribution in [0.4, 0.5) is 11.4 Å². The molecule has 2 aromatic carbocycles. The highest BCUT2D eigenvalue weighted by atomic mass is 16.5. The fourth-order valence-electron chi connectivity index (χ4n) is 3.06. The highest BCUT2D eigenvalue weighted by Gasteiger charge is 2.16. The van der Waals surface area contributed by atoms with Crippen molar-refractivity contribution < 1.29 is 14.3 Å². The smallest absolute Gasteiger partial charge is 0.251 e. The van der Waals surface area contributed by atoms with Crippen molar-refractivity contribution in [3.8, 4) is 0 Å². The summed E-state index contributed by atoms with van der Waals surface area (Å²) >= 11 is 0. The molecule has 1 aliphatic heterocycles. The number of rotatable bonds is 7. The predicted octanol–water partition coefficient (Wildman–Crippen LogP) is 3.26. The van der Waals surface area contributed by atoms with Gasteiger partial charge in [-0.05, 0) is 74.2 Å². The second kappa shape index (κ2) is 9.37. The highest BCUT2D eigenvalue weighted by Crippen LogP contribution is 2.15. The van der Waals surface area contributed by atoms with Crippen LogP contribution in [0.25, 0.3) is 0 Å². The molecule has 6 nitrogen and oxygen atoms in total. The van der Waals surface area contributed by atoms with Gasteiger partial charge in [0.2, 0.25) is 5.91 Å². The number of anilines is 2. The topological polar surface area (TPSA) is 79.5 Å². The molecule has 3 N–H and O–H groups in total. The maximum Gasteiger partial charge on any atom is 0.251 e. The van der Waals surface area contributed by atoms with E-state index in [4.69, 9.17) is 4.74 Å². The van der Waals surface area contributed by atoms with E-state index in [1.807, 2.05) is 32.0 Å². The Balaban J connectivity index is 1.44. The Kier molecular flexibility index (Phi) is 6.66. The molecule has 1 aliphatic rings. The van der Waals surface area contributed by atoms with Crippen LogP contribution in [0.15, 0.2) is 42.5 Å². The van der Waals surface area contributed by atoms with E-state index in [-0.39, 0.29) is 24.5 Å². The van der Waals surface area contributed by atoms with Crippen LogP contribution in [-0.2, 0) is 9.53 Å². The van der Waals surface area contributed by atoms with Crippen LogP contribution in [0.3, 0.4) is 0 Å². The number of hydrogen-bond donors (Lipinski definition) is 3. The zero-order valence-corrected chi connectivity index (χ0v) is 16.4. The van der Waals surface area contributed by atoms with Crippen molar-refractivity contribution in [1.82, 2.24) is 5.32 Å². The van der Waals surface area contributed by atoms with Crippen LogP contribution < -0.4 is 16.0 Å². The molecule has 2 aromatic rings. The number of nitrogens with one attached hydrogen (secondary N) is 3. The minimum absolute atomic E-state index is 0.116. The molecule has 0 radical (unpaired) electrons. The van der Waals surface area contributed by atoms with E-state index in [0.29, 0.717) is 12.1 Å². The van der Waals surface area contributed by atoms with E-state index >= 15 is 0 Å². The number of hydrogen-bond acceptors (Lipinski definition) is 4. The Bertz CT molecular complexity index is 827. The van der Waals surface area contributed by atoms with Crippen LogP contribution >= 0.6 is 0 Å². The lowest BCUT2D eigenvalue weighted by Gasteiger charge is -2.12. The lowest BCUT2D eigenvalue weighted by molar-refractivity contribution is -0.114. The average molecular weight is 381 g/mol. The molecule has 0 aromatic heterocycles. The molecule has 3 rings (SSSR count). The fraction of sp³-hybridized carbons (Fsp3) is 0.364. The summed E-state index contributed by atoms with van der Waals surface area (Å²) < 4.78 is 5.50. The summed E-state index contributed by atoms with van der Waals surface area (Å²) in [6.45, 7) is 5.52. The van der Waals surface area contributed by atoms with Gasteiger partial charge in [0, 0.05) is 30.1 Å². The number of carbonyl (C=O) groups excluding carboxylic acids is 2. The number of carbonyl (C=O) groups is 2. The maximum atomic E-state index is 12.2. The van der Waals surface area contributed by atoms with E-state index in [2.05, 4.69) is 16.0 Å². The van der Waals surface area contributed by atoms with E-state index in [1.165, 1.54) is 5.56 Å². The Hall–Kier alpha value is -2.86. The molecule has 0 aliphatic carbocycles. The van der Waals surface area contributed by atoms with Crippen molar-refractivity contribution in [1.29, 1.82) is 0 Å². The van der Waals surface area contributed by atoms with E-state index in [9.17, 15) is 9.59 Å². The van der Waals surface area contributed by atoms with Gasteiger partial charge in [-0.15, -0.1) is 0 Å². The first kappa shape index (κ1) is 19.9. The molecular weight excluding hydrogens is 354 g/mol. The van der Waals surface area contributed by atoms with Gasteiger partial charge in [-0.3, -0.25) is 9.59 Å². The number of amides is 2. The van der Waals surface area contributed by atoms with Gasteiger partial charge in [0.15, 0.2) is 0 Å². The Morgan fingerprint density at radius 1 is 1.04 bits per heavy atom. The molecule has 28 heavy (non-hydrogen) atoms. The normalized spacial score (nSPS) is 15.9. The Morgan fingerprint density at radius 2 is 1.79 bits per heavy atom. The minimum atomic E-state index is -0.123. The first-order chi connectivity index (χ1) is 13.5. The summed E-state index contributed by atoms with van der Waals surface area (Å²) in [4.78, 5) is 24.3. The lowest BCUT2D eigenvalue weighted by Crippen LogP contribution is -2.31. The third-order valence-corrected chi connectivity index (χ3v) is 4.91. The number of benzene rings is 2. The summed E-state index contributed by atoms with van der Waals surface area (Å²) in [6.07, 6.45) is 2.17. The molecule has 1 saturated heterocycles. The summed E-state index contributed by atoms with van der Waals surface area (Å²) in [5, 5.41) is 8.84. The third-order valence-electron chi connectivity index (χ3n) is 4.91. The van der Waals surface area contributed by atoms with Gasteiger partial charge < -0.3 is 20.7 Å². The van der Waals surface area contributed by atoms with Gasteiger partial charge in [-0.2, -0.15) is 0 Å². The van der Waals surface area contributed by atoms with Gasteiger partial charge in [-0.1, -0.05) is 6.07 Å². The van der Waals surface area contributed by atoms with Crippen molar-refractivity contribution in [2.24, 2.45) is 0 Å². The first-order valence-electron chi connectivity index (χ1n) is 9.62. The van der Waals surface area contributed by atoms with E-state index in [0.717, 1.165) is 36.4 Å². The minimum Gasteiger partial charge on any atom is -0.376 e. The van der Waals surface area contributed by atoms with Crippen LogP contribution in [0.1, 0.15) is 34.3 Å². The van der Waals surface area contributed by atoms with Crippen molar-refractivity contribution in [2.45, 2.75) is 32.8 Å². The third kappa shape index (κ3) is 5.57. The van der Waals surface area contributed by atoms with Gasteiger partial charge in [0.1, 0.15) is 0 Å². The van der Waals surface area contributed by atoms with Gasteiger partial charge in [-0.25, -0.2) is 0 Å². The zero-order chi connectivity index (χ0) is 19.9. The second-order valence-corrected chi connectivity index (χ2v) is 7.12. The Morgan fingerprint density at radius 3 is 2.46 bits per heavy atom. The number of aryl methyl sites for hydroxylation is 2. The van der Waals surface area contributed by atoms with Crippen molar-refractivity contribution >= 4 is 23.2 Å². The van der Waals surface area contributed by atoms with Crippen LogP contribution in [0, 0.1) is 13.8 Å². The SMILES string of the molecule is Cc1ccc(NC(=O)CNc2ccc(C(=O)NCC3CCCO3)cc2)cc1C. The van der Waals surface area contributed by atoms with Gasteiger partial charge in [0.25, 0.3) is 5.91 Å². The largest absolute Gasteiger partial charge is 0.376 e. The van der Waals surface area contributed by atoms with Gasteiger partial charge >= 0.3 is 0 Å². The highest BCUT2D eigenvalue weighted by molar-refractivity contribution is 5.95. The van der Waals surface area contributed by atoms with Gasteiger partial charge in [0.05, 0.1) is 12.6 Å². The molecule has 148 valence electrons. The number of ether oxygens (including phenoxy) is 1. The predicted molar refractivity (Wildman–Crippen MR) is 111 cm³/mol. The summed E-state index contributed by atoms with van der Waals surface area (Å²) in [5.41, 5.74) is 4.48. The van der Waals surface area contributed by atoms with Crippen LogP contribution in [0.2, 0.25) is 0 Å². The van der Waals surface area contributed by atoms with E-state index in [1.54, 1.807) is 24.3 Å². The fourth-order valence-corrected chi connectivity index (χ4v) is 3.06. The quantitative estimate of drug-likeness (QED) is 0.688. The molecule has 0 saturated carbocycles. The maximum absolute atomic E-state index is 12.2. The van der Waals surface area contributed by atoms with Crippen molar-refractivity contribution in [2.75, 3.05) is 30.3 Å². The zero-order valence-electron chi connectivity index (χ0n) is 16.4.